The standard InChI is InChI=1S/C25H26ClN5O3/c1-16-23(13-28-31(16)21-8-5-19(26)6-9-21)25(33)29-20-7-12-24(30(14-20)15-27)18-3-10-22(11-4-18)34-17(2)32/h5-9,12-13,18,22H,3-4,10-11,14H2,1-2H3,(H,29,33). The molecule has 1 aliphatic carbocycles. The summed E-state index contributed by atoms with van der Waals surface area (Å²) >= 11 is 5.96. The first kappa shape index (κ1) is 23.6. The number of nitriles is 1. The maximum atomic E-state index is 12.9. The molecule has 8 nitrogen and oxygen atoms in total. The Morgan fingerprint density at radius 2 is 1.88 bits per heavy atom. The van der Waals surface area contributed by atoms with Crippen molar-refractivity contribution in [3.63, 3.8) is 0 Å². The molecule has 1 saturated carbocycles. The predicted octanol–water partition coefficient (Wildman–Crippen LogP) is 4.25. The third-order valence-corrected chi connectivity index (χ3v) is 6.49. The molecule has 2 heterocycles. The molecule has 0 saturated heterocycles. The lowest BCUT2D eigenvalue weighted by atomic mass is 9.84. The van der Waals surface area contributed by atoms with Crippen molar-refractivity contribution in [3.05, 3.63) is 70.3 Å². The normalized spacial score (nSPS) is 20.1. The van der Waals surface area contributed by atoms with E-state index in [1.165, 1.54) is 13.1 Å². The highest BCUT2D eigenvalue weighted by molar-refractivity contribution is 6.30. The van der Waals surface area contributed by atoms with Crippen LogP contribution < -0.4 is 5.32 Å². The zero-order valence-corrected chi connectivity index (χ0v) is 19.9. The molecule has 1 aromatic heterocycles. The lowest BCUT2D eigenvalue weighted by molar-refractivity contribution is -0.148. The number of benzene rings is 1. The van der Waals surface area contributed by atoms with Crippen molar-refractivity contribution in [2.45, 2.75) is 45.6 Å². The number of carbonyl (C=O) groups excluding carboxylic acids is 2. The van der Waals surface area contributed by atoms with E-state index in [0.717, 1.165) is 37.1 Å². The Kier molecular flexibility index (Phi) is 7.03. The van der Waals surface area contributed by atoms with Gasteiger partial charge >= 0.3 is 5.97 Å². The van der Waals surface area contributed by atoms with Crippen LogP contribution in [0, 0.1) is 24.3 Å². The van der Waals surface area contributed by atoms with Gasteiger partial charge in [-0.15, -0.1) is 0 Å². The lowest BCUT2D eigenvalue weighted by Crippen LogP contribution is -2.36. The van der Waals surface area contributed by atoms with Crippen molar-refractivity contribution in [3.8, 4) is 11.9 Å². The lowest BCUT2D eigenvalue weighted by Gasteiger charge is -2.34. The highest BCUT2D eigenvalue weighted by Crippen LogP contribution is 2.34. The van der Waals surface area contributed by atoms with Crippen molar-refractivity contribution in [1.82, 2.24) is 20.0 Å². The van der Waals surface area contributed by atoms with E-state index >= 15 is 0 Å². The van der Waals surface area contributed by atoms with Crippen LogP contribution >= 0.6 is 11.6 Å². The van der Waals surface area contributed by atoms with Gasteiger partial charge in [-0.3, -0.25) is 14.5 Å². The molecule has 0 atom stereocenters. The van der Waals surface area contributed by atoms with Crippen LogP contribution in [-0.2, 0) is 9.53 Å². The largest absolute Gasteiger partial charge is 0.463 e. The summed E-state index contributed by atoms with van der Waals surface area (Å²) in [5.74, 6) is -0.309. The van der Waals surface area contributed by atoms with Crippen molar-refractivity contribution >= 4 is 23.5 Å². The number of nitrogens with zero attached hydrogens (tertiary/aromatic N) is 4. The van der Waals surface area contributed by atoms with Crippen molar-refractivity contribution in [1.29, 1.82) is 5.26 Å². The van der Waals surface area contributed by atoms with Gasteiger partial charge in [0.25, 0.3) is 5.91 Å². The molecule has 0 unspecified atom stereocenters. The maximum Gasteiger partial charge on any atom is 0.302 e. The summed E-state index contributed by atoms with van der Waals surface area (Å²) in [4.78, 5) is 25.8. The summed E-state index contributed by atoms with van der Waals surface area (Å²) < 4.78 is 7.01. The van der Waals surface area contributed by atoms with Gasteiger partial charge in [0.2, 0.25) is 0 Å². The molecule has 9 heteroatoms. The molecular weight excluding hydrogens is 454 g/mol. The third-order valence-electron chi connectivity index (χ3n) is 6.24. The molecule has 0 bridgehead atoms. The molecule has 1 N–H and O–H groups in total. The van der Waals surface area contributed by atoms with Crippen molar-refractivity contribution < 1.29 is 14.3 Å². The first-order valence-electron chi connectivity index (χ1n) is 11.2. The summed E-state index contributed by atoms with van der Waals surface area (Å²) in [6.07, 6.45) is 10.8. The fourth-order valence-electron chi connectivity index (χ4n) is 4.52. The Morgan fingerprint density at radius 3 is 2.53 bits per heavy atom. The van der Waals surface area contributed by atoms with Crippen LogP contribution in [0.3, 0.4) is 0 Å². The van der Waals surface area contributed by atoms with E-state index < -0.39 is 0 Å². The Morgan fingerprint density at radius 1 is 1.18 bits per heavy atom. The average molecular weight is 480 g/mol. The molecule has 0 radical (unpaired) electrons. The number of halogens is 1. The van der Waals surface area contributed by atoms with Gasteiger partial charge in [0.1, 0.15) is 6.10 Å². The topological polar surface area (TPSA) is 100 Å². The average Bonchev–Trinajstić information content (AvgIpc) is 3.21. The highest BCUT2D eigenvalue weighted by atomic mass is 35.5. The van der Waals surface area contributed by atoms with E-state index in [9.17, 15) is 14.9 Å². The molecule has 1 amide bonds. The number of rotatable bonds is 5. The molecule has 0 spiro atoms. The van der Waals surface area contributed by atoms with Crippen LogP contribution in [-0.4, -0.2) is 39.2 Å². The Bertz CT molecular complexity index is 1180. The molecule has 2 aliphatic rings. The van der Waals surface area contributed by atoms with Crippen LogP contribution in [0.4, 0.5) is 0 Å². The smallest absolute Gasteiger partial charge is 0.302 e. The molecule has 1 aliphatic heterocycles. The number of esters is 1. The zero-order valence-electron chi connectivity index (χ0n) is 19.1. The number of hydrogen-bond acceptors (Lipinski definition) is 6. The minimum absolute atomic E-state index is 0.0455. The Balaban J connectivity index is 1.44. The molecule has 1 fully saturated rings. The minimum Gasteiger partial charge on any atom is -0.463 e. The molecule has 2 aromatic rings. The third kappa shape index (κ3) is 5.15. The second kappa shape index (κ2) is 10.1. The van der Waals surface area contributed by atoms with Gasteiger partial charge in [-0.05, 0) is 69.0 Å². The summed E-state index contributed by atoms with van der Waals surface area (Å²) in [6.45, 7) is 3.55. The van der Waals surface area contributed by atoms with Gasteiger partial charge in [-0.25, -0.2) is 4.68 Å². The number of amides is 1. The van der Waals surface area contributed by atoms with Gasteiger partial charge in [0.05, 0.1) is 29.7 Å². The summed E-state index contributed by atoms with van der Waals surface area (Å²) in [6, 6.07) is 7.22. The predicted molar refractivity (Wildman–Crippen MR) is 127 cm³/mol. The van der Waals surface area contributed by atoms with Gasteiger partial charge in [-0.2, -0.15) is 10.4 Å². The summed E-state index contributed by atoms with van der Waals surface area (Å²) in [5, 5.41) is 17.6. The number of hydrogen-bond donors (Lipinski definition) is 1. The first-order valence-corrected chi connectivity index (χ1v) is 11.6. The van der Waals surface area contributed by atoms with Crippen molar-refractivity contribution in [2.75, 3.05) is 6.54 Å². The fourth-order valence-corrected chi connectivity index (χ4v) is 4.65. The van der Waals surface area contributed by atoms with Crippen LogP contribution in [0.15, 0.2) is 54.0 Å². The van der Waals surface area contributed by atoms with Gasteiger partial charge in [0, 0.05) is 29.3 Å². The number of carbonyl (C=O) groups is 2. The quantitative estimate of drug-likeness (QED) is 0.508. The van der Waals surface area contributed by atoms with E-state index in [1.54, 1.807) is 21.7 Å². The van der Waals surface area contributed by atoms with Gasteiger partial charge in [0.15, 0.2) is 6.19 Å². The van der Waals surface area contributed by atoms with Gasteiger partial charge < -0.3 is 10.1 Å². The molecule has 1 aromatic carbocycles. The molecule has 4 rings (SSSR count). The maximum absolute atomic E-state index is 12.9. The number of ether oxygens (including phenoxy) is 1. The van der Waals surface area contributed by atoms with E-state index in [0.29, 0.717) is 28.5 Å². The highest BCUT2D eigenvalue weighted by Gasteiger charge is 2.30. The van der Waals surface area contributed by atoms with Crippen LogP contribution in [0.5, 0.6) is 0 Å². The zero-order chi connectivity index (χ0) is 24.2. The number of aromatic nitrogens is 2. The number of nitrogens with one attached hydrogen (secondary N) is 1. The summed E-state index contributed by atoms with van der Waals surface area (Å²) in [7, 11) is 0. The van der Waals surface area contributed by atoms with Crippen LogP contribution in [0.1, 0.15) is 48.7 Å². The molecule has 176 valence electrons. The van der Waals surface area contributed by atoms with Crippen molar-refractivity contribution in [2.24, 2.45) is 5.92 Å². The van der Waals surface area contributed by atoms with E-state index in [1.807, 2.05) is 31.2 Å². The fraction of sp³-hybridized carbons (Fsp3) is 0.360. The summed E-state index contributed by atoms with van der Waals surface area (Å²) in [5.41, 5.74) is 3.55. The molecule has 34 heavy (non-hydrogen) atoms. The monoisotopic (exact) mass is 479 g/mol. The molecular formula is C25H26ClN5O3. The van der Waals surface area contributed by atoms with Crippen LogP contribution in [0.2, 0.25) is 5.02 Å². The SMILES string of the molecule is CC(=O)OC1CCC(C2=CC=C(NC(=O)c3cnn(-c4ccc(Cl)cc4)c3C)CN2C#N)CC1. The minimum atomic E-state index is -0.277. The van der Waals surface area contributed by atoms with Crippen LogP contribution in [0.25, 0.3) is 5.69 Å². The Labute approximate surface area is 203 Å². The van der Waals surface area contributed by atoms with E-state index in [2.05, 4.69) is 16.6 Å². The first-order chi connectivity index (χ1) is 16.4. The van der Waals surface area contributed by atoms with E-state index in [4.69, 9.17) is 16.3 Å². The van der Waals surface area contributed by atoms with Gasteiger partial charge in [-0.1, -0.05) is 11.6 Å². The second-order valence-electron chi connectivity index (χ2n) is 8.54. The number of allylic oxidation sites excluding steroid dienone is 3. The second-order valence-corrected chi connectivity index (χ2v) is 8.98. The Hall–Kier alpha value is -3.57. The van der Waals surface area contributed by atoms with E-state index in [-0.39, 0.29) is 23.9 Å².